The van der Waals surface area contributed by atoms with Crippen molar-refractivity contribution in [2.45, 2.75) is 32.7 Å². The number of aromatic nitrogens is 4. The highest BCUT2D eigenvalue weighted by Crippen LogP contribution is 2.32. The molecule has 5 rings (SSSR count). The van der Waals surface area contributed by atoms with Crippen LogP contribution >= 0.6 is 15.9 Å². The summed E-state index contributed by atoms with van der Waals surface area (Å²) >= 11 is 3.58. The molecule has 1 fully saturated rings. The van der Waals surface area contributed by atoms with Gasteiger partial charge in [0.2, 0.25) is 5.91 Å². The summed E-state index contributed by atoms with van der Waals surface area (Å²) in [4.78, 5) is 22.9. The number of nitrogens with one attached hydrogen (secondary N) is 2. The number of ether oxygens (including phenoxy) is 1. The normalized spacial score (nSPS) is 14.7. The molecule has 0 aliphatic carbocycles. The minimum atomic E-state index is 0.0393. The Bertz CT molecular complexity index is 1510. The molecule has 0 spiro atoms. The van der Waals surface area contributed by atoms with E-state index in [0.717, 1.165) is 62.6 Å². The van der Waals surface area contributed by atoms with E-state index in [2.05, 4.69) is 38.3 Å². The van der Waals surface area contributed by atoms with Crippen LogP contribution in [0.5, 0.6) is 5.75 Å². The fourth-order valence-corrected chi connectivity index (χ4v) is 5.14. The number of amides is 1. The van der Waals surface area contributed by atoms with Gasteiger partial charge in [0.05, 0.1) is 23.5 Å². The zero-order valence-corrected chi connectivity index (χ0v) is 23.3. The Morgan fingerprint density at radius 1 is 1.24 bits per heavy atom. The van der Waals surface area contributed by atoms with E-state index in [1.165, 1.54) is 0 Å². The van der Waals surface area contributed by atoms with Gasteiger partial charge in [0.25, 0.3) is 0 Å². The lowest BCUT2D eigenvalue weighted by molar-refractivity contribution is -0.126. The van der Waals surface area contributed by atoms with E-state index < -0.39 is 0 Å². The number of piperidine rings is 1. The summed E-state index contributed by atoms with van der Waals surface area (Å²) in [6.45, 7) is 5.42. The molecule has 1 amide bonds. The molecule has 0 bridgehead atoms. The van der Waals surface area contributed by atoms with Crippen LogP contribution in [0.3, 0.4) is 0 Å². The molecule has 0 unspecified atom stereocenters. The third-order valence-electron chi connectivity index (χ3n) is 6.93. The summed E-state index contributed by atoms with van der Waals surface area (Å²) in [5, 5.41) is 8.17. The van der Waals surface area contributed by atoms with E-state index in [9.17, 15) is 4.79 Å². The summed E-state index contributed by atoms with van der Waals surface area (Å²) in [6.07, 6.45) is 13.0. The van der Waals surface area contributed by atoms with Gasteiger partial charge >= 0.3 is 0 Å². The van der Waals surface area contributed by atoms with Gasteiger partial charge in [-0.15, -0.1) is 0 Å². The molecule has 4 heterocycles. The van der Waals surface area contributed by atoms with E-state index in [-0.39, 0.29) is 11.9 Å². The Balaban J connectivity index is 1.28. The number of carbonyl (C=O) groups excluding carboxylic acids is 1. The molecule has 196 valence electrons. The number of para-hydroxylation sites is 1. The van der Waals surface area contributed by atoms with Crippen LogP contribution < -0.4 is 10.1 Å². The number of halogens is 1. The molecule has 38 heavy (non-hydrogen) atoms. The largest absolute Gasteiger partial charge is 0.496 e. The lowest BCUT2D eigenvalue weighted by Crippen LogP contribution is -2.42. The molecule has 1 aromatic carbocycles. The van der Waals surface area contributed by atoms with E-state index in [1.807, 2.05) is 71.1 Å². The van der Waals surface area contributed by atoms with Crippen molar-refractivity contribution in [1.29, 1.82) is 0 Å². The monoisotopic (exact) mass is 574 g/mol. The minimum Gasteiger partial charge on any atom is -0.496 e. The van der Waals surface area contributed by atoms with Crippen LogP contribution in [0.25, 0.3) is 29.1 Å². The maximum absolute atomic E-state index is 12.9. The van der Waals surface area contributed by atoms with Crippen LogP contribution in [0.1, 0.15) is 36.6 Å². The number of likely N-dealkylation sites (tertiary alicyclic amines) is 1. The summed E-state index contributed by atoms with van der Waals surface area (Å²) in [5.74, 6) is 1.65. The first-order valence-electron chi connectivity index (χ1n) is 12.7. The molecule has 1 aliphatic rings. The van der Waals surface area contributed by atoms with Crippen molar-refractivity contribution in [2.24, 2.45) is 0 Å². The van der Waals surface area contributed by atoms with E-state index >= 15 is 0 Å². The van der Waals surface area contributed by atoms with Crippen molar-refractivity contribution in [1.82, 2.24) is 24.5 Å². The van der Waals surface area contributed by atoms with Gasteiger partial charge < -0.3 is 19.9 Å². The van der Waals surface area contributed by atoms with Gasteiger partial charge in [-0.25, -0.2) is 4.98 Å². The smallest absolute Gasteiger partial charge is 0.246 e. The molecule has 0 radical (unpaired) electrons. The van der Waals surface area contributed by atoms with Crippen LogP contribution in [0, 0.1) is 6.92 Å². The fourth-order valence-electron chi connectivity index (χ4n) is 4.79. The maximum atomic E-state index is 12.9. The highest BCUT2D eigenvalue weighted by Gasteiger charge is 2.23. The van der Waals surface area contributed by atoms with Crippen molar-refractivity contribution in [3.05, 3.63) is 76.2 Å². The van der Waals surface area contributed by atoms with Gasteiger partial charge in [-0.3, -0.25) is 4.79 Å². The van der Waals surface area contributed by atoms with Crippen LogP contribution in [0.4, 0.5) is 5.82 Å². The molecule has 1 saturated heterocycles. The molecular formula is C29H31BrN6O2. The zero-order chi connectivity index (χ0) is 26.6. The quantitative estimate of drug-likeness (QED) is 0.266. The Morgan fingerprint density at radius 3 is 2.79 bits per heavy atom. The molecule has 4 aromatic rings. The number of hydrogen-bond acceptors (Lipinski definition) is 5. The van der Waals surface area contributed by atoms with Gasteiger partial charge in [0.15, 0.2) is 5.65 Å². The first kappa shape index (κ1) is 25.8. The Hall–Kier alpha value is -3.85. The third-order valence-corrected chi connectivity index (χ3v) is 7.49. The molecule has 1 aliphatic heterocycles. The third kappa shape index (κ3) is 5.24. The number of carbonyl (C=O) groups is 1. The standard InChI is InChI=1S/C29H31BrN6O2/c1-4-7-24-19(2)20(17-31-24)10-11-28(37)35-14-12-21(13-15-35)33-27-16-25(22-8-5-6-9-26(22)38-3)34-29-23(30)18-32-36(27)29/h4-11,16-18,21,31,33H,12-15H2,1-3H3/b7-4-,11-10+. The highest BCUT2D eigenvalue weighted by molar-refractivity contribution is 9.10. The summed E-state index contributed by atoms with van der Waals surface area (Å²) < 4.78 is 8.20. The van der Waals surface area contributed by atoms with Gasteiger partial charge in [0.1, 0.15) is 11.6 Å². The number of rotatable bonds is 7. The first-order chi connectivity index (χ1) is 18.5. The number of allylic oxidation sites excluding steroid dienone is 1. The van der Waals surface area contributed by atoms with Crippen molar-refractivity contribution >= 4 is 45.5 Å². The number of nitrogens with zero attached hydrogens (tertiary/aromatic N) is 4. The van der Waals surface area contributed by atoms with Crippen molar-refractivity contribution in [2.75, 3.05) is 25.5 Å². The summed E-state index contributed by atoms with van der Waals surface area (Å²) in [5.41, 5.74) is 5.67. The zero-order valence-electron chi connectivity index (χ0n) is 21.7. The van der Waals surface area contributed by atoms with Crippen molar-refractivity contribution in [3.63, 3.8) is 0 Å². The second kappa shape index (κ2) is 11.3. The fraction of sp³-hybridized carbons (Fsp3) is 0.276. The average molecular weight is 576 g/mol. The second-order valence-corrected chi connectivity index (χ2v) is 10.2. The lowest BCUT2D eigenvalue weighted by Gasteiger charge is -2.32. The predicted octanol–water partition coefficient (Wildman–Crippen LogP) is 5.95. The first-order valence-corrected chi connectivity index (χ1v) is 13.5. The van der Waals surface area contributed by atoms with Crippen LogP contribution in [0.2, 0.25) is 0 Å². The average Bonchev–Trinajstić information content (AvgIpc) is 3.49. The predicted molar refractivity (Wildman–Crippen MR) is 155 cm³/mol. The molecule has 2 N–H and O–H groups in total. The van der Waals surface area contributed by atoms with Crippen LogP contribution in [-0.2, 0) is 4.79 Å². The van der Waals surface area contributed by atoms with Gasteiger partial charge in [-0.2, -0.15) is 9.61 Å². The van der Waals surface area contributed by atoms with Gasteiger partial charge in [0, 0.05) is 48.7 Å². The maximum Gasteiger partial charge on any atom is 0.246 e. The summed E-state index contributed by atoms with van der Waals surface area (Å²) in [7, 11) is 1.66. The number of aromatic amines is 1. The number of fused-ring (bicyclic) bond motifs is 1. The van der Waals surface area contributed by atoms with Crippen LogP contribution in [-0.4, -0.2) is 56.6 Å². The number of hydrogen-bond donors (Lipinski definition) is 2. The second-order valence-electron chi connectivity index (χ2n) is 9.31. The number of methoxy groups -OCH3 is 1. The molecule has 9 heteroatoms. The van der Waals surface area contributed by atoms with Crippen molar-refractivity contribution in [3.8, 4) is 17.0 Å². The van der Waals surface area contributed by atoms with E-state index in [4.69, 9.17) is 9.72 Å². The van der Waals surface area contributed by atoms with E-state index in [0.29, 0.717) is 13.1 Å². The molecule has 8 nitrogen and oxygen atoms in total. The number of anilines is 1. The molecular weight excluding hydrogens is 544 g/mol. The van der Waals surface area contributed by atoms with Gasteiger partial charge in [-0.1, -0.05) is 18.2 Å². The molecule has 3 aromatic heterocycles. The SMILES string of the molecule is C/C=C\c1[nH]cc(/C=C/C(=O)N2CCC(Nc3cc(-c4ccccc4OC)nc4c(Br)cnn34)CC2)c1C. The topological polar surface area (TPSA) is 87.5 Å². The lowest BCUT2D eigenvalue weighted by atomic mass is 10.0. The minimum absolute atomic E-state index is 0.0393. The van der Waals surface area contributed by atoms with Crippen molar-refractivity contribution < 1.29 is 9.53 Å². The Labute approximate surface area is 230 Å². The Morgan fingerprint density at radius 2 is 2.03 bits per heavy atom. The summed E-state index contributed by atoms with van der Waals surface area (Å²) in [6, 6.07) is 10.1. The van der Waals surface area contributed by atoms with Crippen LogP contribution in [0.15, 0.2) is 59.4 Å². The number of H-pyrrole nitrogens is 1. The highest BCUT2D eigenvalue weighted by atomic mass is 79.9. The Kier molecular flexibility index (Phi) is 7.64. The molecule has 0 atom stereocenters. The van der Waals surface area contributed by atoms with E-state index in [1.54, 1.807) is 19.4 Å². The molecule has 0 saturated carbocycles. The van der Waals surface area contributed by atoms with Gasteiger partial charge in [-0.05, 0) is 78.0 Å². The number of benzene rings is 1.